The van der Waals surface area contributed by atoms with Crippen molar-refractivity contribution in [3.63, 3.8) is 0 Å². The quantitative estimate of drug-likeness (QED) is 0.530. The fourth-order valence-corrected chi connectivity index (χ4v) is 1.58. The first-order valence-corrected chi connectivity index (χ1v) is 4.58. The second-order valence-electron chi connectivity index (χ2n) is 3.39. The normalized spacial score (nSPS) is 29.7. The molecule has 0 saturated carbocycles. The van der Waals surface area contributed by atoms with Gasteiger partial charge in [0.1, 0.15) is 6.10 Å². The minimum atomic E-state index is -0.826. The van der Waals surface area contributed by atoms with E-state index in [-0.39, 0.29) is 12.1 Å². The van der Waals surface area contributed by atoms with Gasteiger partial charge in [-0.15, -0.1) is 0 Å². The Morgan fingerprint density at radius 1 is 1.43 bits per heavy atom. The Balaban J connectivity index is 2.27. The largest absolute Gasteiger partial charge is 0.426 e. The summed E-state index contributed by atoms with van der Waals surface area (Å²) in [5, 5.41) is 0. The average Bonchev–Trinajstić information content (AvgIpc) is 2.78. The Labute approximate surface area is 82.6 Å². The molecular weight excluding hydrogens is 180 g/mol. The Morgan fingerprint density at radius 2 is 2.00 bits per heavy atom. The van der Waals surface area contributed by atoms with E-state index in [1.807, 2.05) is 37.3 Å². The van der Waals surface area contributed by atoms with Gasteiger partial charge in [-0.2, -0.15) is 0 Å². The van der Waals surface area contributed by atoms with Crippen LogP contribution in [0.5, 0.6) is 0 Å². The van der Waals surface area contributed by atoms with E-state index in [1.165, 1.54) is 6.92 Å². The SMILES string of the molecule is CC(=O)OC1(c2ccccc2)OC1C. The maximum atomic E-state index is 10.9. The van der Waals surface area contributed by atoms with Crippen molar-refractivity contribution in [1.82, 2.24) is 0 Å². The van der Waals surface area contributed by atoms with E-state index in [2.05, 4.69) is 0 Å². The molecule has 0 radical (unpaired) electrons. The van der Waals surface area contributed by atoms with Gasteiger partial charge in [0.15, 0.2) is 0 Å². The van der Waals surface area contributed by atoms with Gasteiger partial charge in [0.2, 0.25) is 0 Å². The van der Waals surface area contributed by atoms with E-state index in [4.69, 9.17) is 9.47 Å². The predicted molar refractivity (Wildman–Crippen MR) is 50.4 cm³/mol. The highest BCUT2D eigenvalue weighted by Crippen LogP contribution is 2.46. The Morgan fingerprint density at radius 3 is 2.43 bits per heavy atom. The third-order valence-electron chi connectivity index (χ3n) is 2.30. The van der Waals surface area contributed by atoms with Crippen molar-refractivity contribution in [3.8, 4) is 0 Å². The number of epoxide rings is 1. The lowest BCUT2D eigenvalue weighted by Crippen LogP contribution is -2.19. The second kappa shape index (κ2) is 3.10. The molecule has 0 spiro atoms. The highest BCUT2D eigenvalue weighted by molar-refractivity contribution is 5.67. The second-order valence-corrected chi connectivity index (χ2v) is 3.39. The molecule has 2 rings (SSSR count). The van der Waals surface area contributed by atoms with Crippen LogP contribution in [-0.2, 0) is 20.1 Å². The highest BCUT2D eigenvalue weighted by atomic mass is 16.8. The van der Waals surface area contributed by atoms with Crippen LogP contribution >= 0.6 is 0 Å². The first-order valence-electron chi connectivity index (χ1n) is 4.58. The van der Waals surface area contributed by atoms with E-state index in [9.17, 15) is 4.79 Å². The standard InChI is InChI=1S/C11H12O3/c1-8-11(13-8,14-9(2)12)10-6-4-3-5-7-10/h3-8H,1-2H3. The molecule has 0 N–H and O–H groups in total. The van der Waals surface area contributed by atoms with E-state index in [0.717, 1.165) is 5.56 Å². The van der Waals surface area contributed by atoms with Crippen molar-refractivity contribution in [1.29, 1.82) is 0 Å². The third kappa shape index (κ3) is 1.40. The number of hydrogen-bond acceptors (Lipinski definition) is 3. The van der Waals surface area contributed by atoms with Gasteiger partial charge in [-0.3, -0.25) is 4.79 Å². The number of rotatable bonds is 2. The van der Waals surface area contributed by atoms with Crippen molar-refractivity contribution in [2.24, 2.45) is 0 Å². The lowest BCUT2D eigenvalue weighted by atomic mass is 10.1. The smallest absolute Gasteiger partial charge is 0.305 e. The van der Waals surface area contributed by atoms with Gasteiger partial charge < -0.3 is 9.47 Å². The van der Waals surface area contributed by atoms with Crippen LogP contribution in [0.3, 0.4) is 0 Å². The maximum Gasteiger partial charge on any atom is 0.305 e. The monoisotopic (exact) mass is 192 g/mol. The molecule has 1 aromatic rings. The molecule has 1 fully saturated rings. The molecule has 1 aromatic carbocycles. The number of ether oxygens (including phenoxy) is 2. The maximum absolute atomic E-state index is 10.9. The van der Waals surface area contributed by atoms with E-state index < -0.39 is 5.79 Å². The molecule has 0 amide bonds. The fourth-order valence-electron chi connectivity index (χ4n) is 1.58. The van der Waals surface area contributed by atoms with Gasteiger partial charge in [-0.1, -0.05) is 30.3 Å². The van der Waals surface area contributed by atoms with E-state index in [1.54, 1.807) is 0 Å². The zero-order valence-corrected chi connectivity index (χ0v) is 8.19. The minimum Gasteiger partial charge on any atom is -0.426 e. The van der Waals surface area contributed by atoms with Crippen LogP contribution in [0.2, 0.25) is 0 Å². The van der Waals surface area contributed by atoms with E-state index in [0.29, 0.717) is 0 Å². The van der Waals surface area contributed by atoms with Crippen LogP contribution in [0.25, 0.3) is 0 Å². The zero-order valence-electron chi connectivity index (χ0n) is 8.19. The van der Waals surface area contributed by atoms with Crippen LogP contribution in [0, 0.1) is 0 Å². The summed E-state index contributed by atoms with van der Waals surface area (Å²) < 4.78 is 10.5. The molecule has 0 bridgehead atoms. The summed E-state index contributed by atoms with van der Waals surface area (Å²) in [6, 6.07) is 9.50. The topological polar surface area (TPSA) is 38.8 Å². The first kappa shape index (κ1) is 9.21. The van der Waals surface area contributed by atoms with Crippen molar-refractivity contribution in [2.75, 3.05) is 0 Å². The lowest BCUT2D eigenvalue weighted by molar-refractivity contribution is -0.157. The van der Waals surface area contributed by atoms with Crippen LogP contribution in [-0.4, -0.2) is 12.1 Å². The molecule has 14 heavy (non-hydrogen) atoms. The third-order valence-corrected chi connectivity index (χ3v) is 2.30. The number of carbonyl (C=O) groups is 1. The van der Waals surface area contributed by atoms with Crippen molar-refractivity contribution < 1.29 is 14.3 Å². The molecule has 1 heterocycles. The summed E-state index contributed by atoms with van der Waals surface area (Å²) in [4.78, 5) is 10.9. The molecule has 1 aliphatic rings. The lowest BCUT2D eigenvalue weighted by Gasteiger charge is -2.12. The van der Waals surface area contributed by atoms with Gasteiger partial charge in [0.05, 0.1) is 0 Å². The molecule has 1 saturated heterocycles. The zero-order chi connectivity index (χ0) is 10.2. The first-order chi connectivity index (χ1) is 6.65. The summed E-state index contributed by atoms with van der Waals surface area (Å²) in [7, 11) is 0. The number of hydrogen-bond donors (Lipinski definition) is 0. The summed E-state index contributed by atoms with van der Waals surface area (Å²) in [6.45, 7) is 3.27. The molecule has 2 atom stereocenters. The molecule has 0 aromatic heterocycles. The fraction of sp³-hybridized carbons (Fsp3) is 0.364. The van der Waals surface area contributed by atoms with E-state index >= 15 is 0 Å². The van der Waals surface area contributed by atoms with Gasteiger partial charge >= 0.3 is 5.97 Å². The van der Waals surface area contributed by atoms with Crippen molar-refractivity contribution >= 4 is 5.97 Å². The van der Waals surface area contributed by atoms with Crippen LogP contribution in [0.15, 0.2) is 30.3 Å². The molecule has 3 heteroatoms. The number of carbonyl (C=O) groups excluding carboxylic acids is 1. The Kier molecular flexibility index (Phi) is 2.04. The Hall–Kier alpha value is -1.35. The molecule has 2 unspecified atom stereocenters. The van der Waals surface area contributed by atoms with Gasteiger partial charge in [-0.05, 0) is 6.92 Å². The minimum absolute atomic E-state index is 0.0613. The Bertz CT molecular complexity index is 347. The molecule has 0 aliphatic carbocycles. The number of benzene rings is 1. The van der Waals surface area contributed by atoms with Gasteiger partial charge in [-0.25, -0.2) is 0 Å². The van der Waals surface area contributed by atoms with Crippen LogP contribution in [0.4, 0.5) is 0 Å². The van der Waals surface area contributed by atoms with Gasteiger partial charge in [0.25, 0.3) is 5.79 Å². The molecule has 1 aliphatic heterocycles. The molecule has 74 valence electrons. The summed E-state index contributed by atoms with van der Waals surface area (Å²) in [6.07, 6.45) is -0.0613. The molecule has 3 nitrogen and oxygen atoms in total. The highest BCUT2D eigenvalue weighted by Gasteiger charge is 2.58. The summed E-state index contributed by atoms with van der Waals surface area (Å²) in [5.41, 5.74) is 0.891. The number of esters is 1. The predicted octanol–water partition coefficient (Wildman–Crippen LogP) is 1.82. The van der Waals surface area contributed by atoms with Crippen molar-refractivity contribution in [2.45, 2.75) is 25.7 Å². The van der Waals surface area contributed by atoms with Crippen molar-refractivity contribution in [3.05, 3.63) is 35.9 Å². The average molecular weight is 192 g/mol. The summed E-state index contributed by atoms with van der Waals surface area (Å²) in [5.74, 6) is -1.15. The van der Waals surface area contributed by atoms with Crippen LogP contribution < -0.4 is 0 Å². The molecular formula is C11H12O3. The van der Waals surface area contributed by atoms with Crippen LogP contribution in [0.1, 0.15) is 19.4 Å². The summed E-state index contributed by atoms with van der Waals surface area (Å²) >= 11 is 0. The van der Waals surface area contributed by atoms with Gasteiger partial charge in [0, 0.05) is 12.5 Å².